The molecule has 76 valence electrons. The first kappa shape index (κ1) is 10.9. The number of alkyl halides is 1. The highest BCUT2D eigenvalue weighted by Crippen LogP contribution is 2.16. The van der Waals surface area contributed by atoms with Gasteiger partial charge in [-0.25, -0.2) is 4.79 Å². The van der Waals surface area contributed by atoms with Crippen molar-refractivity contribution >= 4 is 17.8 Å². The van der Waals surface area contributed by atoms with Crippen LogP contribution in [0.4, 0.5) is 4.79 Å². The lowest BCUT2D eigenvalue weighted by atomic mass is 10.1. The Morgan fingerprint density at radius 3 is 2.64 bits per heavy atom. The van der Waals surface area contributed by atoms with Gasteiger partial charge in [-0.2, -0.15) is 0 Å². The number of rotatable bonds is 3. The summed E-state index contributed by atoms with van der Waals surface area (Å²) in [6, 6.07) is 9.20. The number of ether oxygens (including phenoxy) is 2. The first-order valence-corrected chi connectivity index (χ1v) is 4.72. The van der Waals surface area contributed by atoms with Crippen LogP contribution in [-0.2, 0) is 9.47 Å². The molecule has 0 saturated heterocycles. The zero-order valence-electron chi connectivity index (χ0n) is 7.77. The molecule has 0 N–H and O–H groups in total. The third-order valence-corrected chi connectivity index (χ3v) is 1.82. The average Bonchev–Trinajstić information content (AvgIpc) is 2.19. The maximum Gasteiger partial charge on any atom is 0.510 e. The Hall–Kier alpha value is -1.22. The van der Waals surface area contributed by atoms with E-state index in [2.05, 4.69) is 4.74 Å². The fourth-order valence-corrected chi connectivity index (χ4v) is 1.10. The highest BCUT2D eigenvalue weighted by molar-refractivity contribution is 6.17. The number of halogens is 1. The number of carbonyl (C=O) groups excluding carboxylic acids is 1. The number of carbonyl (C=O) groups is 1. The zero-order chi connectivity index (χ0) is 10.4. The average molecular weight is 215 g/mol. The molecule has 0 spiro atoms. The van der Waals surface area contributed by atoms with Gasteiger partial charge in [-0.1, -0.05) is 41.9 Å². The van der Waals surface area contributed by atoms with Crippen LogP contribution >= 0.6 is 11.6 Å². The molecule has 0 radical (unpaired) electrons. The molecule has 3 nitrogen and oxygen atoms in total. The molecule has 1 atom stereocenters. The molecule has 4 heteroatoms. The smallest absolute Gasteiger partial charge is 0.426 e. The molecule has 0 aliphatic rings. The van der Waals surface area contributed by atoms with Crippen molar-refractivity contribution in [1.29, 1.82) is 0 Å². The molecule has 1 aromatic rings. The van der Waals surface area contributed by atoms with Gasteiger partial charge in [-0.15, -0.1) is 0 Å². The summed E-state index contributed by atoms with van der Waals surface area (Å²) in [6.07, 6.45) is -1.08. The monoisotopic (exact) mass is 214 g/mol. The molecule has 0 bridgehead atoms. The lowest BCUT2D eigenvalue weighted by Crippen LogP contribution is -2.09. The fourth-order valence-electron chi connectivity index (χ4n) is 1.01. The van der Waals surface area contributed by atoms with Crippen LogP contribution in [0.3, 0.4) is 0 Å². The summed E-state index contributed by atoms with van der Waals surface area (Å²) in [5.41, 5.74) is 0.916. The van der Waals surface area contributed by atoms with Crippen molar-refractivity contribution in [2.24, 2.45) is 0 Å². The molecule has 0 unspecified atom stereocenters. The Bertz CT molecular complexity index is 287. The van der Waals surface area contributed by atoms with E-state index >= 15 is 0 Å². The van der Waals surface area contributed by atoms with E-state index in [-0.39, 0.29) is 12.2 Å². The van der Waals surface area contributed by atoms with Crippen molar-refractivity contribution < 1.29 is 14.3 Å². The molecule has 14 heavy (non-hydrogen) atoms. The normalized spacial score (nSPS) is 11.9. The third kappa shape index (κ3) is 3.26. The third-order valence-electron chi connectivity index (χ3n) is 1.71. The Labute approximate surface area is 87.6 Å². The van der Waals surface area contributed by atoms with Crippen LogP contribution in [0.25, 0.3) is 0 Å². The van der Waals surface area contributed by atoms with E-state index < -0.39 is 6.16 Å². The molecular formula is C10H11ClO3. The first-order chi connectivity index (χ1) is 6.74. The molecule has 0 saturated carbocycles. The Kier molecular flexibility index (Phi) is 4.26. The number of hydrogen-bond acceptors (Lipinski definition) is 3. The minimum atomic E-state index is -0.753. The molecule has 0 aliphatic carbocycles. The van der Waals surface area contributed by atoms with E-state index in [1.165, 1.54) is 0 Å². The van der Waals surface area contributed by atoms with Crippen molar-refractivity contribution in [3.8, 4) is 0 Å². The van der Waals surface area contributed by atoms with Gasteiger partial charge in [-0.3, -0.25) is 0 Å². The predicted molar refractivity (Wildman–Crippen MR) is 53.1 cm³/mol. The second-order valence-electron chi connectivity index (χ2n) is 2.67. The second-order valence-corrected chi connectivity index (χ2v) is 2.89. The number of hydrogen-bond donors (Lipinski definition) is 0. The highest BCUT2D eigenvalue weighted by Gasteiger charge is 2.11. The van der Waals surface area contributed by atoms with Gasteiger partial charge in [0.2, 0.25) is 0 Å². The van der Waals surface area contributed by atoms with E-state index in [1.807, 2.05) is 30.3 Å². The summed E-state index contributed by atoms with van der Waals surface area (Å²) < 4.78 is 9.37. The standard InChI is InChI=1S/C10H11ClO3/c1-8(14-10(12)13-7-11)9-5-3-2-4-6-9/h2-6,8H,7H2,1H3/t8-/m0/s1. The molecular weight excluding hydrogens is 204 g/mol. The quantitative estimate of drug-likeness (QED) is 0.573. The lowest BCUT2D eigenvalue weighted by Gasteiger charge is -2.12. The highest BCUT2D eigenvalue weighted by atomic mass is 35.5. The van der Waals surface area contributed by atoms with Gasteiger partial charge in [0.25, 0.3) is 0 Å². The summed E-state index contributed by atoms with van der Waals surface area (Å²) in [5, 5.41) is 0. The molecule has 1 rings (SSSR count). The van der Waals surface area contributed by atoms with E-state index in [0.29, 0.717) is 0 Å². The van der Waals surface area contributed by atoms with Gasteiger partial charge in [0.15, 0.2) is 6.07 Å². The van der Waals surface area contributed by atoms with Gasteiger partial charge in [0.1, 0.15) is 6.10 Å². The summed E-state index contributed by atoms with van der Waals surface area (Å²) >= 11 is 5.20. The maximum absolute atomic E-state index is 10.9. The molecule has 0 amide bonds. The largest absolute Gasteiger partial charge is 0.510 e. The number of benzene rings is 1. The summed E-state index contributed by atoms with van der Waals surface area (Å²) in [5.74, 6) is 0. The van der Waals surface area contributed by atoms with Crippen LogP contribution in [0.5, 0.6) is 0 Å². The first-order valence-electron chi connectivity index (χ1n) is 4.18. The van der Waals surface area contributed by atoms with Gasteiger partial charge in [0, 0.05) is 0 Å². The predicted octanol–water partition coefficient (Wildman–Crippen LogP) is 3.10. The van der Waals surface area contributed by atoms with Crippen molar-refractivity contribution in [3.05, 3.63) is 35.9 Å². The molecule has 0 aromatic heterocycles. The summed E-state index contributed by atoms with van der Waals surface area (Å²) in [7, 11) is 0. The van der Waals surface area contributed by atoms with Crippen molar-refractivity contribution in [1.82, 2.24) is 0 Å². The van der Waals surface area contributed by atoms with Crippen LogP contribution in [0.2, 0.25) is 0 Å². The summed E-state index contributed by atoms with van der Waals surface area (Å²) in [6.45, 7) is 1.77. The Balaban J connectivity index is 2.50. The minimum Gasteiger partial charge on any atom is -0.426 e. The van der Waals surface area contributed by atoms with Gasteiger partial charge < -0.3 is 9.47 Å². The molecule has 0 aliphatic heterocycles. The van der Waals surface area contributed by atoms with Crippen molar-refractivity contribution in [2.75, 3.05) is 6.07 Å². The van der Waals surface area contributed by atoms with Gasteiger partial charge in [0.05, 0.1) is 0 Å². The summed E-state index contributed by atoms with van der Waals surface area (Å²) in [4.78, 5) is 10.9. The van der Waals surface area contributed by atoms with E-state index in [0.717, 1.165) is 5.56 Å². The van der Waals surface area contributed by atoms with E-state index in [4.69, 9.17) is 16.3 Å². The van der Waals surface area contributed by atoms with Crippen LogP contribution in [-0.4, -0.2) is 12.2 Å². The minimum absolute atomic E-state index is 0.194. The van der Waals surface area contributed by atoms with Crippen LogP contribution < -0.4 is 0 Å². The van der Waals surface area contributed by atoms with Crippen molar-refractivity contribution in [3.63, 3.8) is 0 Å². The topological polar surface area (TPSA) is 35.5 Å². The Morgan fingerprint density at radius 1 is 1.43 bits per heavy atom. The zero-order valence-corrected chi connectivity index (χ0v) is 8.53. The van der Waals surface area contributed by atoms with Gasteiger partial charge >= 0.3 is 6.16 Å². The van der Waals surface area contributed by atoms with Crippen LogP contribution in [0, 0.1) is 0 Å². The maximum atomic E-state index is 10.9. The van der Waals surface area contributed by atoms with Crippen molar-refractivity contribution in [2.45, 2.75) is 13.0 Å². The molecule has 1 aromatic carbocycles. The second kappa shape index (κ2) is 5.50. The SMILES string of the molecule is C[C@H](OC(=O)OCCl)c1ccccc1. The van der Waals surface area contributed by atoms with Crippen LogP contribution in [0.1, 0.15) is 18.6 Å². The van der Waals surface area contributed by atoms with E-state index in [1.54, 1.807) is 6.92 Å². The van der Waals surface area contributed by atoms with Crippen LogP contribution in [0.15, 0.2) is 30.3 Å². The molecule has 0 fully saturated rings. The lowest BCUT2D eigenvalue weighted by molar-refractivity contribution is 0.0388. The Morgan fingerprint density at radius 2 is 2.07 bits per heavy atom. The fraction of sp³-hybridized carbons (Fsp3) is 0.300. The van der Waals surface area contributed by atoms with Gasteiger partial charge in [-0.05, 0) is 12.5 Å². The molecule has 0 heterocycles. The van der Waals surface area contributed by atoms with E-state index in [9.17, 15) is 4.79 Å².